The van der Waals surface area contributed by atoms with Crippen LogP contribution >= 0.6 is 11.5 Å². The van der Waals surface area contributed by atoms with E-state index < -0.39 is 0 Å². The van der Waals surface area contributed by atoms with E-state index in [0.717, 1.165) is 29.5 Å². The van der Waals surface area contributed by atoms with Crippen molar-refractivity contribution in [1.29, 1.82) is 0 Å². The number of fused-ring (bicyclic) bond motifs is 1. The van der Waals surface area contributed by atoms with Crippen molar-refractivity contribution in [2.45, 2.75) is 31.9 Å². The fraction of sp³-hybridized carbons (Fsp3) is 0.462. The molecule has 1 atom stereocenters. The smallest absolute Gasteiger partial charge is 0.268 e. The number of aromatic nitrogens is 1. The number of rotatable bonds is 2. The Morgan fingerprint density at radius 2 is 2.24 bits per heavy atom. The molecule has 1 saturated heterocycles. The third-order valence-corrected chi connectivity index (χ3v) is 4.28. The molecule has 3 rings (SSSR count). The molecule has 4 heteroatoms. The summed E-state index contributed by atoms with van der Waals surface area (Å²) >= 11 is 1.54. The van der Waals surface area contributed by atoms with E-state index in [-0.39, 0.29) is 11.7 Å². The van der Waals surface area contributed by atoms with Crippen molar-refractivity contribution in [3.63, 3.8) is 0 Å². The Kier molecular flexibility index (Phi) is 2.99. The molecule has 3 nitrogen and oxygen atoms in total. The average Bonchev–Trinajstić information content (AvgIpc) is 2.68. The van der Waals surface area contributed by atoms with E-state index in [0.29, 0.717) is 6.54 Å². The second-order valence-electron chi connectivity index (χ2n) is 4.44. The minimum absolute atomic E-state index is 0.125. The van der Waals surface area contributed by atoms with Gasteiger partial charge < -0.3 is 4.74 Å². The molecule has 0 radical (unpaired) electrons. The Morgan fingerprint density at radius 3 is 3.00 bits per heavy atom. The molecule has 0 saturated carbocycles. The van der Waals surface area contributed by atoms with Gasteiger partial charge in [-0.2, -0.15) is 0 Å². The van der Waals surface area contributed by atoms with Crippen molar-refractivity contribution in [2.75, 3.05) is 6.61 Å². The zero-order valence-electron chi connectivity index (χ0n) is 9.59. The van der Waals surface area contributed by atoms with Gasteiger partial charge in [0.2, 0.25) is 0 Å². The first-order valence-corrected chi connectivity index (χ1v) is 6.82. The summed E-state index contributed by atoms with van der Waals surface area (Å²) in [5, 5.41) is 0.827. The third kappa shape index (κ3) is 2.15. The maximum absolute atomic E-state index is 12.1. The highest BCUT2D eigenvalue weighted by Crippen LogP contribution is 2.19. The van der Waals surface area contributed by atoms with E-state index in [1.54, 1.807) is 11.5 Å². The summed E-state index contributed by atoms with van der Waals surface area (Å²) in [6.07, 6.45) is 3.65. The highest BCUT2D eigenvalue weighted by atomic mass is 32.1. The standard InChI is InChI=1S/C13H15NO2S/c15-13-11-6-1-2-7-12(11)17-14(13)9-10-5-3-4-8-16-10/h1-2,6-7,10H,3-5,8-9H2. The normalized spacial score (nSPS) is 20.8. The fourth-order valence-corrected chi connectivity index (χ4v) is 3.33. The van der Waals surface area contributed by atoms with Crippen LogP contribution in [0.5, 0.6) is 0 Å². The van der Waals surface area contributed by atoms with Gasteiger partial charge in [0.1, 0.15) is 0 Å². The number of hydrogen-bond donors (Lipinski definition) is 0. The lowest BCUT2D eigenvalue weighted by atomic mass is 10.1. The average molecular weight is 249 g/mol. The summed E-state index contributed by atoms with van der Waals surface area (Å²) in [7, 11) is 0. The summed E-state index contributed by atoms with van der Waals surface area (Å²) in [6.45, 7) is 1.54. The molecule has 1 aliphatic rings. The molecule has 1 unspecified atom stereocenters. The number of ether oxygens (including phenoxy) is 1. The van der Waals surface area contributed by atoms with Gasteiger partial charge in [-0.05, 0) is 31.4 Å². The molecule has 17 heavy (non-hydrogen) atoms. The van der Waals surface area contributed by atoms with Gasteiger partial charge >= 0.3 is 0 Å². The fourth-order valence-electron chi connectivity index (χ4n) is 2.27. The molecule has 0 spiro atoms. The van der Waals surface area contributed by atoms with Crippen LogP contribution in [0.3, 0.4) is 0 Å². The molecule has 1 aromatic heterocycles. The maximum Gasteiger partial charge on any atom is 0.268 e. The molecule has 2 heterocycles. The predicted octanol–water partition coefficient (Wildman–Crippen LogP) is 2.63. The van der Waals surface area contributed by atoms with Crippen LogP contribution < -0.4 is 5.56 Å². The molecule has 1 aromatic carbocycles. The van der Waals surface area contributed by atoms with Gasteiger partial charge in [-0.1, -0.05) is 23.7 Å². The number of benzene rings is 1. The van der Waals surface area contributed by atoms with E-state index in [1.165, 1.54) is 6.42 Å². The van der Waals surface area contributed by atoms with Crippen molar-refractivity contribution < 1.29 is 4.74 Å². The Balaban J connectivity index is 1.89. The van der Waals surface area contributed by atoms with Crippen LogP contribution in [0.1, 0.15) is 19.3 Å². The van der Waals surface area contributed by atoms with Crippen LogP contribution in [0, 0.1) is 0 Å². The molecule has 0 bridgehead atoms. The minimum atomic E-state index is 0.125. The van der Waals surface area contributed by atoms with Gasteiger partial charge in [-0.25, -0.2) is 0 Å². The summed E-state index contributed by atoms with van der Waals surface area (Å²) in [5.74, 6) is 0. The van der Waals surface area contributed by atoms with Crippen molar-refractivity contribution in [2.24, 2.45) is 0 Å². The second-order valence-corrected chi connectivity index (χ2v) is 5.51. The van der Waals surface area contributed by atoms with E-state index >= 15 is 0 Å². The van der Waals surface area contributed by atoms with Crippen molar-refractivity contribution in [3.05, 3.63) is 34.6 Å². The quantitative estimate of drug-likeness (QED) is 0.819. The van der Waals surface area contributed by atoms with Crippen LogP contribution in [0.4, 0.5) is 0 Å². The highest BCUT2D eigenvalue weighted by molar-refractivity contribution is 7.13. The molecule has 1 aliphatic heterocycles. The monoisotopic (exact) mass is 249 g/mol. The molecule has 0 aliphatic carbocycles. The topological polar surface area (TPSA) is 31.2 Å². The van der Waals surface area contributed by atoms with Crippen molar-refractivity contribution >= 4 is 21.6 Å². The van der Waals surface area contributed by atoms with Crippen LogP contribution in [-0.2, 0) is 11.3 Å². The summed E-state index contributed by atoms with van der Waals surface area (Å²) < 4.78 is 8.58. The van der Waals surface area contributed by atoms with Crippen LogP contribution in [-0.4, -0.2) is 16.7 Å². The summed E-state index contributed by atoms with van der Waals surface area (Å²) in [5.41, 5.74) is 0.125. The van der Waals surface area contributed by atoms with Gasteiger partial charge in [0.05, 0.1) is 22.7 Å². The van der Waals surface area contributed by atoms with E-state index in [4.69, 9.17) is 4.74 Å². The van der Waals surface area contributed by atoms with Crippen molar-refractivity contribution in [1.82, 2.24) is 3.96 Å². The van der Waals surface area contributed by atoms with Crippen LogP contribution in [0.25, 0.3) is 10.1 Å². The molecule has 90 valence electrons. The van der Waals surface area contributed by atoms with E-state index in [9.17, 15) is 4.79 Å². The van der Waals surface area contributed by atoms with Gasteiger partial charge in [-0.15, -0.1) is 0 Å². The molecule has 2 aromatic rings. The second kappa shape index (κ2) is 4.63. The Hall–Kier alpha value is -1.13. The molecule has 0 amide bonds. The summed E-state index contributed by atoms with van der Waals surface area (Å²) in [6, 6.07) is 7.78. The Bertz CT molecular complexity index is 566. The first-order chi connectivity index (χ1) is 8.34. The first-order valence-electron chi connectivity index (χ1n) is 6.05. The third-order valence-electron chi connectivity index (χ3n) is 3.20. The molecular formula is C13H15NO2S. The molecule has 0 N–H and O–H groups in total. The lowest BCUT2D eigenvalue weighted by molar-refractivity contribution is 0.00726. The van der Waals surface area contributed by atoms with Crippen LogP contribution in [0.2, 0.25) is 0 Å². The highest BCUT2D eigenvalue weighted by Gasteiger charge is 2.16. The van der Waals surface area contributed by atoms with Gasteiger partial charge in [0.15, 0.2) is 0 Å². The van der Waals surface area contributed by atoms with Crippen LogP contribution in [0.15, 0.2) is 29.1 Å². The SMILES string of the molecule is O=c1c2ccccc2sn1CC1CCCCO1. The maximum atomic E-state index is 12.1. The zero-order valence-corrected chi connectivity index (χ0v) is 10.4. The van der Waals surface area contributed by atoms with Gasteiger partial charge in [0, 0.05) is 6.61 Å². The lowest BCUT2D eigenvalue weighted by Crippen LogP contribution is -2.27. The number of hydrogen-bond acceptors (Lipinski definition) is 3. The Morgan fingerprint density at radius 1 is 1.35 bits per heavy atom. The Labute approximate surface area is 104 Å². The van der Waals surface area contributed by atoms with Gasteiger partial charge in [-0.3, -0.25) is 8.75 Å². The predicted molar refractivity (Wildman–Crippen MR) is 69.7 cm³/mol. The lowest BCUT2D eigenvalue weighted by Gasteiger charge is -2.22. The van der Waals surface area contributed by atoms with E-state index in [1.807, 2.05) is 28.2 Å². The van der Waals surface area contributed by atoms with E-state index in [2.05, 4.69) is 0 Å². The van der Waals surface area contributed by atoms with Gasteiger partial charge in [0.25, 0.3) is 5.56 Å². The first kappa shape index (κ1) is 11.0. The minimum Gasteiger partial charge on any atom is -0.376 e. The largest absolute Gasteiger partial charge is 0.376 e. The number of nitrogens with zero attached hydrogens (tertiary/aromatic N) is 1. The zero-order chi connectivity index (χ0) is 11.7. The van der Waals surface area contributed by atoms with Crippen molar-refractivity contribution in [3.8, 4) is 0 Å². The molecule has 1 fully saturated rings. The molecular weight excluding hydrogens is 234 g/mol. The summed E-state index contributed by atoms with van der Waals surface area (Å²) in [4.78, 5) is 12.1.